The third-order valence-corrected chi connectivity index (χ3v) is 6.96. The minimum atomic E-state index is -3.52. The number of nitrogens with one attached hydrogen (secondary N) is 1. The van der Waals surface area contributed by atoms with Crippen LogP contribution in [-0.4, -0.2) is 42.7 Å². The highest BCUT2D eigenvalue weighted by molar-refractivity contribution is 7.89. The zero-order valence-electron chi connectivity index (χ0n) is 16.6. The minimum Gasteiger partial charge on any atom is -0.348 e. The Kier molecular flexibility index (Phi) is 5.86. The maximum Gasteiger partial charge on any atom is 0.270 e. The number of aromatic nitrogens is 1. The number of carbonyl (C=O) groups is 1. The van der Waals surface area contributed by atoms with E-state index in [1.54, 1.807) is 36.5 Å². The number of nitrogens with zero attached hydrogens (tertiary/aromatic N) is 2. The van der Waals surface area contributed by atoms with Gasteiger partial charge in [0.2, 0.25) is 10.0 Å². The summed E-state index contributed by atoms with van der Waals surface area (Å²) in [6.07, 6.45) is 2.74. The lowest BCUT2D eigenvalue weighted by Gasteiger charge is -2.31. The van der Waals surface area contributed by atoms with Crippen molar-refractivity contribution in [2.75, 3.05) is 13.1 Å². The number of carbonyl (C=O) groups excluding carboxylic acids is 1. The van der Waals surface area contributed by atoms with Gasteiger partial charge >= 0.3 is 0 Å². The molecule has 1 aliphatic rings. The van der Waals surface area contributed by atoms with Crippen LogP contribution >= 0.6 is 0 Å². The van der Waals surface area contributed by atoms with Crippen LogP contribution in [0.1, 0.15) is 49.7 Å². The molecule has 2 aromatic rings. The Balaban J connectivity index is 1.61. The highest BCUT2D eigenvalue weighted by atomic mass is 32.2. The van der Waals surface area contributed by atoms with Crippen molar-refractivity contribution in [2.24, 2.45) is 0 Å². The zero-order chi connectivity index (χ0) is 20.4. The van der Waals surface area contributed by atoms with E-state index in [4.69, 9.17) is 0 Å². The Labute approximate surface area is 167 Å². The van der Waals surface area contributed by atoms with Gasteiger partial charge in [-0.2, -0.15) is 4.31 Å². The average Bonchev–Trinajstić information content (AvgIpc) is 2.68. The molecule has 0 aliphatic carbocycles. The Hall–Kier alpha value is -2.25. The summed E-state index contributed by atoms with van der Waals surface area (Å²) >= 11 is 0. The summed E-state index contributed by atoms with van der Waals surface area (Å²) in [5.74, 6) is -0.223. The number of hydrogen-bond donors (Lipinski definition) is 1. The predicted molar refractivity (Wildman–Crippen MR) is 109 cm³/mol. The smallest absolute Gasteiger partial charge is 0.270 e. The summed E-state index contributed by atoms with van der Waals surface area (Å²) in [6.45, 7) is 7.06. The fourth-order valence-electron chi connectivity index (χ4n) is 3.27. The largest absolute Gasteiger partial charge is 0.348 e. The van der Waals surface area contributed by atoms with Gasteiger partial charge in [-0.25, -0.2) is 8.42 Å². The molecule has 0 unspecified atom stereocenters. The summed E-state index contributed by atoms with van der Waals surface area (Å²) in [5.41, 5.74) is 1.45. The standard InChI is InChI=1S/C21H27N3O3S/c1-21(2,3)16-7-9-18(10-8-16)28(26,27)24-14-11-17(12-15-24)23-20(25)19-6-4-5-13-22-19/h4-10,13,17H,11-12,14-15H2,1-3H3,(H,23,25). The summed E-state index contributed by atoms with van der Waals surface area (Å²) in [6, 6.07) is 12.3. The van der Waals surface area contributed by atoms with Crippen LogP contribution < -0.4 is 5.32 Å². The number of piperidine rings is 1. The van der Waals surface area contributed by atoms with Crippen molar-refractivity contribution in [1.29, 1.82) is 0 Å². The van der Waals surface area contributed by atoms with Crippen molar-refractivity contribution < 1.29 is 13.2 Å². The van der Waals surface area contributed by atoms with Crippen LogP contribution in [0.5, 0.6) is 0 Å². The van der Waals surface area contributed by atoms with Crippen molar-refractivity contribution in [1.82, 2.24) is 14.6 Å². The summed E-state index contributed by atoms with van der Waals surface area (Å²) in [5, 5.41) is 2.95. The molecular formula is C21H27N3O3S. The Morgan fingerprint density at radius 3 is 2.25 bits per heavy atom. The molecule has 3 rings (SSSR count). The second-order valence-electron chi connectivity index (χ2n) is 8.14. The van der Waals surface area contributed by atoms with E-state index in [1.807, 2.05) is 12.1 Å². The van der Waals surface area contributed by atoms with Gasteiger partial charge in [-0.3, -0.25) is 9.78 Å². The molecule has 0 atom stereocenters. The van der Waals surface area contributed by atoms with Crippen LogP contribution in [0.25, 0.3) is 0 Å². The van der Waals surface area contributed by atoms with Gasteiger partial charge < -0.3 is 5.32 Å². The molecule has 28 heavy (non-hydrogen) atoms. The van der Waals surface area contributed by atoms with Gasteiger partial charge in [0.25, 0.3) is 5.91 Å². The molecule has 1 fully saturated rings. The molecule has 1 aromatic carbocycles. The monoisotopic (exact) mass is 401 g/mol. The molecule has 1 aliphatic heterocycles. The number of pyridine rings is 1. The van der Waals surface area contributed by atoms with Gasteiger partial charge in [0.05, 0.1) is 4.90 Å². The van der Waals surface area contributed by atoms with Crippen LogP contribution in [0.4, 0.5) is 0 Å². The Morgan fingerprint density at radius 2 is 1.71 bits per heavy atom. The van der Waals surface area contributed by atoms with E-state index in [1.165, 1.54) is 4.31 Å². The normalized spacial score (nSPS) is 16.7. The van der Waals surface area contributed by atoms with Crippen LogP contribution in [0.2, 0.25) is 0 Å². The second-order valence-corrected chi connectivity index (χ2v) is 10.1. The second kappa shape index (κ2) is 8.01. The van der Waals surface area contributed by atoms with Crippen molar-refractivity contribution in [3.63, 3.8) is 0 Å². The van der Waals surface area contributed by atoms with E-state index < -0.39 is 10.0 Å². The third kappa shape index (κ3) is 4.59. The number of sulfonamides is 1. The number of benzene rings is 1. The quantitative estimate of drug-likeness (QED) is 0.854. The SMILES string of the molecule is CC(C)(C)c1ccc(S(=O)(=O)N2CCC(NC(=O)c3ccccn3)CC2)cc1. The van der Waals surface area contributed by atoms with E-state index in [0.29, 0.717) is 36.5 Å². The first-order chi connectivity index (χ1) is 13.2. The van der Waals surface area contributed by atoms with Gasteiger partial charge in [0.1, 0.15) is 5.69 Å². The lowest BCUT2D eigenvalue weighted by molar-refractivity contribution is 0.0918. The maximum absolute atomic E-state index is 12.9. The molecule has 2 heterocycles. The van der Waals surface area contributed by atoms with E-state index >= 15 is 0 Å². The minimum absolute atomic E-state index is 0.0214. The highest BCUT2D eigenvalue weighted by Gasteiger charge is 2.30. The van der Waals surface area contributed by atoms with E-state index in [9.17, 15) is 13.2 Å². The molecule has 1 saturated heterocycles. The van der Waals surface area contributed by atoms with Gasteiger partial charge in [0, 0.05) is 25.3 Å². The van der Waals surface area contributed by atoms with E-state index in [0.717, 1.165) is 5.56 Å². The molecule has 0 spiro atoms. The Morgan fingerprint density at radius 1 is 1.07 bits per heavy atom. The molecule has 6 nitrogen and oxygen atoms in total. The molecule has 1 aromatic heterocycles. The first-order valence-electron chi connectivity index (χ1n) is 9.50. The average molecular weight is 402 g/mol. The molecule has 1 N–H and O–H groups in total. The zero-order valence-corrected chi connectivity index (χ0v) is 17.4. The lowest BCUT2D eigenvalue weighted by atomic mass is 9.87. The van der Waals surface area contributed by atoms with Crippen molar-refractivity contribution in [3.8, 4) is 0 Å². The topological polar surface area (TPSA) is 79.4 Å². The summed E-state index contributed by atoms with van der Waals surface area (Å²) in [4.78, 5) is 16.6. The van der Waals surface area contributed by atoms with Gasteiger partial charge in [0.15, 0.2) is 0 Å². The summed E-state index contributed by atoms with van der Waals surface area (Å²) in [7, 11) is -3.52. The molecule has 0 saturated carbocycles. The van der Waals surface area contributed by atoms with Crippen LogP contribution in [-0.2, 0) is 15.4 Å². The number of rotatable bonds is 4. The fraction of sp³-hybridized carbons (Fsp3) is 0.429. The maximum atomic E-state index is 12.9. The lowest BCUT2D eigenvalue weighted by Crippen LogP contribution is -2.46. The predicted octanol–water partition coefficient (Wildman–Crippen LogP) is 2.96. The van der Waals surface area contributed by atoms with Gasteiger partial charge in [-0.05, 0) is 48.1 Å². The van der Waals surface area contributed by atoms with Crippen molar-refractivity contribution in [3.05, 3.63) is 59.9 Å². The van der Waals surface area contributed by atoms with Gasteiger partial charge in [-0.1, -0.05) is 39.0 Å². The molecule has 7 heteroatoms. The first-order valence-corrected chi connectivity index (χ1v) is 10.9. The number of hydrogen-bond acceptors (Lipinski definition) is 4. The highest BCUT2D eigenvalue weighted by Crippen LogP contribution is 2.26. The molecule has 0 bridgehead atoms. The molecule has 0 radical (unpaired) electrons. The van der Waals surface area contributed by atoms with Crippen molar-refractivity contribution in [2.45, 2.75) is 50.0 Å². The molecule has 1 amide bonds. The van der Waals surface area contributed by atoms with Crippen LogP contribution in [0.3, 0.4) is 0 Å². The third-order valence-electron chi connectivity index (χ3n) is 5.04. The first kappa shape index (κ1) is 20.5. The van der Waals surface area contributed by atoms with Crippen molar-refractivity contribution >= 4 is 15.9 Å². The Bertz CT molecular complexity index is 912. The number of amides is 1. The summed E-state index contributed by atoms with van der Waals surface area (Å²) < 4.78 is 27.4. The van der Waals surface area contributed by atoms with Crippen LogP contribution in [0.15, 0.2) is 53.6 Å². The molecule has 150 valence electrons. The molecular weight excluding hydrogens is 374 g/mol. The van der Waals surface area contributed by atoms with E-state index in [2.05, 4.69) is 31.1 Å². The fourth-order valence-corrected chi connectivity index (χ4v) is 4.74. The van der Waals surface area contributed by atoms with Crippen LogP contribution in [0, 0.1) is 0 Å². The van der Waals surface area contributed by atoms with E-state index in [-0.39, 0.29) is 17.4 Å². The van der Waals surface area contributed by atoms with Gasteiger partial charge in [-0.15, -0.1) is 0 Å².